The van der Waals surface area contributed by atoms with Crippen molar-refractivity contribution in [3.63, 3.8) is 0 Å². The van der Waals surface area contributed by atoms with E-state index in [0.717, 1.165) is 18.8 Å². The van der Waals surface area contributed by atoms with Crippen LogP contribution in [0.4, 0.5) is 5.69 Å². The zero-order valence-electron chi connectivity index (χ0n) is 9.86. The molecule has 1 aromatic rings. The fourth-order valence-corrected chi connectivity index (χ4v) is 1.58. The number of anilines is 1. The summed E-state index contributed by atoms with van der Waals surface area (Å²) < 4.78 is 4.60. The highest BCUT2D eigenvalue weighted by Crippen LogP contribution is 2.24. The van der Waals surface area contributed by atoms with Gasteiger partial charge in [-0.1, -0.05) is 0 Å². The normalized spacial score (nSPS) is 9.94. The molecule has 1 aromatic carbocycles. The Balaban J connectivity index is 3.11. The van der Waals surface area contributed by atoms with Gasteiger partial charge in [0.2, 0.25) is 0 Å². The summed E-state index contributed by atoms with van der Waals surface area (Å²) in [4.78, 5) is 13.5. The van der Waals surface area contributed by atoms with E-state index >= 15 is 0 Å². The lowest BCUT2D eigenvalue weighted by Gasteiger charge is -2.21. The summed E-state index contributed by atoms with van der Waals surface area (Å²) in [5, 5.41) is 9.54. The third-order valence-electron chi connectivity index (χ3n) is 2.51. The minimum atomic E-state index is -0.522. The molecule has 16 heavy (non-hydrogen) atoms. The molecule has 0 heterocycles. The summed E-state index contributed by atoms with van der Waals surface area (Å²) in [5.74, 6) is -0.575. The Morgan fingerprint density at radius 3 is 2.50 bits per heavy atom. The van der Waals surface area contributed by atoms with E-state index in [1.54, 1.807) is 12.1 Å². The third-order valence-corrected chi connectivity index (χ3v) is 2.51. The third kappa shape index (κ3) is 2.45. The summed E-state index contributed by atoms with van der Waals surface area (Å²) in [7, 11) is 1.30. The summed E-state index contributed by atoms with van der Waals surface area (Å²) in [6.45, 7) is 5.77. The molecular formula is C12H17NO3. The second-order valence-electron chi connectivity index (χ2n) is 3.37. The molecule has 0 saturated heterocycles. The number of carbonyl (C=O) groups is 1. The van der Waals surface area contributed by atoms with Gasteiger partial charge < -0.3 is 14.7 Å². The Morgan fingerprint density at radius 2 is 2.00 bits per heavy atom. The van der Waals surface area contributed by atoms with Crippen LogP contribution in [0.15, 0.2) is 18.2 Å². The molecule has 0 fully saturated rings. The van der Waals surface area contributed by atoms with Crippen molar-refractivity contribution in [3.8, 4) is 5.75 Å². The van der Waals surface area contributed by atoms with Crippen molar-refractivity contribution in [2.24, 2.45) is 0 Å². The number of hydrogen-bond donors (Lipinski definition) is 1. The number of hydrogen-bond acceptors (Lipinski definition) is 4. The first-order chi connectivity index (χ1) is 7.63. The fraction of sp³-hybridized carbons (Fsp3) is 0.417. The molecule has 0 spiro atoms. The zero-order valence-corrected chi connectivity index (χ0v) is 9.86. The molecule has 0 aliphatic rings. The number of aromatic hydroxyl groups is 1. The van der Waals surface area contributed by atoms with Crippen LogP contribution in [-0.2, 0) is 4.74 Å². The average molecular weight is 223 g/mol. The van der Waals surface area contributed by atoms with Crippen LogP contribution in [-0.4, -0.2) is 31.3 Å². The van der Waals surface area contributed by atoms with Gasteiger partial charge in [-0.25, -0.2) is 4.79 Å². The second kappa shape index (κ2) is 5.39. The Bertz CT molecular complexity index is 373. The predicted octanol–water partition coefficient (Wildman–Crippen LogP) is 2.02. The Labute approximate surface area is 95.5 Å². The largest absolute Gasteiger partial charge is 0.507 e. The first kappa shape index (κ1) is 12.4. The molecule has 0 bridgehead atoms. The van der Waals surface area contributed by atoms with Crippen molar-refractivity contribution in [2.45, 2.75) is 13.8 Å². The van der Waals surface area contributed by atoms with Gasteiger partial charge in [-0.05, 0) is 32.0 Å². The highest BCUT2D eigenvalue weighted by Gasteiger charge is 2.13. The smallest absolute Gasteiger partial charge is 0.341 e. The lowest BCUT2D eigenvalue weighted by atomic mass is 10.1. The van der Waals surface area contributed by atoms with Crippen LogP contribution in [0.1, 0.15) is 24.2 Å². The molecule has 0 unspecified atom stereocenters. The van der Waals surface area contributed by atoms with Crippen molar-refractivity contribution in [1.29, 1.82) is 0 Å². The van der Waals surface area contributed by atoms with Gasteiger partial charge in [-0.15, -0.1) is 0 Å². The molecule has 0 amide bonds. The van der Waals surface area contributed by atoms with E-state index in [4.69, 9.17) is 0 Å². The van der Waals surface area contributed by atoms with E-state index in [2.05, 4.69) is 9.64 Å². The minimum absolute atomic E-state index is 0.0530. The van der Waals surface area contributed by atoms with Crippen molar-refractivity contribution in [1.82, 2.24) is 0 Å². The van der Waals surface area contributed by atoms with Crippen LogP contribution >= 0.6 is 0 Å². The summed E-state index contributed by atoms with van der Waals surface area (Å²) in [6.07, 6.45) is 0. The Morgan fingerprint density at radius 1 is 1.38 bits per heavy atom. The number of ether oxygens (including phenoxy) is 1. The first-order valence-electron chi connectivity index (χ1n) is 5.30. The quantitative estimate of drug-likeness (QED) is 0.793. The summed E-state index contributed by atoms with van der Waals surface area (Å²) in [6, 6.07) is 4.95. The summed E-state index contributed by atoms with van der Waals surface area (Å²) in [5.41, 5.74) is 1.11. The van der Waals surface area contributed by atoms with Crippen molar-refractivity contribution >= 4 is 11.7 Å². The molecule has 1 N–H and O–H groups in total. The highest BCUT2D eigenvalue weighted by molar-refractivity contribution is 5.93. The van der Waals surface area contributed by atoms with E-state index in [9.17, 15) is 9.90 Å². The Kier molecular flexibility index (Phi) is 4.17. The number of phenols is 1. The van der Waals surface area contributed by atoms with Gasteiger partial charge in [0.25, 0.3) is 0 Å². The van der Waals surface area contributed by atoms with Gasteiger partial charge in [0.1, 0.15) is 11.3 Å². The topological polar surface area (TPSA) is 49.8 Å². The van der Waals surface area contributed by atoms with Crippen LogP contribution in [0, 0.1) is 0 Å². The fourth-order valence-electron chi connectivity index (χ4n) is 1.58. The van der Waals surface area contributed by atoms with Crippen LogP contribution in [0.5, 0.6) is 5.75 Å². The number of nitrogens with zero attached hydrogens (tertiary/aromatic N) is 1. The van der Waals surface area contributed by atoms with Gasteiger partial charge in [0.05, 0.1) is 7.11 Å². The monoisotopic (exact) mass is 223 g/mol. The van der Waals surface area contributed by atoms with Crippen LogP contribution < -0.4 is 4.90 Å². The van der Waals surface area contributed by atoms with Gasteiger partial charge >= 0.3 is 5.97 Å². The molecule has 0 atom stereocenters. The number of rotatable bonds is 4. The maximum atomic E-state index is 11.4. The van der Waals surface area contributed by atoms with E-state index < -0.39 is 5.97 Å². The maximum Gasteiger partial charge on any atom is 0.341 e. The van der Waals surface area contributed by atoms with E-state index in [1.165, 1.54) is 13.2 Å². The van der Waals surface area contributed by atoms with Crippen molar-refractivity contribution in [2.75, 3.05) is 25.1 Å². The van der Waals surface area contributed by atoms with Gasteiger partial charge in [-0.3, -0.25) is 0 Å². The van der Waals surface area contributed by atoms with E-state index in [-0.39, 0.29) is 11.3 Å². The van der Waals surface area contributed by atoms with Crippen molar-refractivity contribution < 1.29 is 14.6 Å². The summed E-state index contributed by atoms with van der Waals surface area (Å²) >= 11 is 0. The molecule has 0 aliphatic heterocycles. The molecule has 4 nitrogen and oxygen atoms in total. The van der Waals surface area contributed by atoms with Crippen LogP contribution in [0.25, 0.3) is 0 Å². The predicted molar refractivity (Wildman–Crippen MR) is 63.0 cm³/mol. The van der Waals surface area contributed by atoms with Gasteiger partial charge in [-0.2, -0.15) is 0 Å². The lowest BCUT2D eigenvalue weighted by Crippen LogP contribution is -2.22. The average Bonchev–Trinajstić information content (AvgIpc) is 2.31. The van der Waals surface area contributed by atoms with Gasteiger partial charge in [0, 0.05) is 18.8 Å². The molecule has 4 heteroatoms. The lowest BCUT2D eigenvalue weighted by molar-refractivity contribution is 0.0597. The van der Waals surface area contributed by atoms with E-state index in [1.807, 2.05) is 13.8 Å². The van der Waals surface area contributed by atoms with E-state index in [0.29, 0.717) is 0 Å². The molecular weight excluding hydrogens is 206 g/mol. The molecule has 0 saturated carbocycles. The van der Waals surface area contributed by atoms with Gasteiger partial charge in [0.15, 0.2) is 0 Å². The number of carbonyl (C=O) groups excluding carboxylic acids is 1. The molecule has 1 rings (SSSR count). The minimum Gasteiger partial charge on any atom is -0.507 e. The number of phenolic OH excluding ortho intramolecular Hbond substituents is 1. The maximum absolute atomic E-state index is 11.4. The van der Waals surface area contributed by atoms with Crippen LogP contribution in [0.3, 0.4) is 0 Å². The molecule has 0 aliphatic carbocycles. The number of benzene rings is 1. The Hall–Kier alpha value is -1.71. The first-order valence-corrected chi connectivity index (χ1v) is 5.30. The zero-order chi connectivity index (χ0) is 12.1. The number of esters is 1. The highest BCUT2D eigenvalue weighted by atomic mass is 16.5. The SMILES string of the molecule is CCN(CC)c1ccc(O)c(C(=O)OC)c1. The second-order valence-corrected chi connectivity index (χ2v) is 3.37. The number of methoxy groups -OCH3 is 1. The standard InChI is InChI=1S/C12H17NO3/c1-4-13(5-2)9-6-7-11(14)10(8-9)12(15)16-3/h6-8,14H,4-5H2,1-3H3. The molecule has 0 aromatic heterocycles. The molecule has 88 valence electrons. The molecule has 0 radical (unpaired) electrons. The van der Waals surface area contributed by atoms with Crippen LogP contribution in [0.2, 0.25) is 0 Å². The van der Waals surface area contributed by atoms with Crippen molar-refractivity contribution in [3.05, 3.63) is 23.8 Å².